The van der Waals surface area contributed by atoms with Gasteiger partial charge in [-0.1, -0.05) is 39.8 Å². The van der Waals surface area contributed by atoms with Gasteiger partial charge >= 0.3 is 0 Å². The molecule has 0 radical (unpaired) electrons. The van der Waals surface area contributed by atoms with Gasteiger partial charge in [-0.25, -0.2) is 4.39 Å². The molecule has 1 aromatic rings. The number of hydrogen-bond acceptors (Lipinski definition) is 1. The largest absolute Gasteiger partial charge is 0.310 e. The monoisotopic (exact) mass is 237 g/mol. The lowest BCUT2D eigenvalue weighted by atomic mass is 9.86. The van der Waals surface area contributed by atoms with Crippen LogP contribution in [-0.4, -0.2) is 6.54 Å². The molecule has 0 bridgehead atoms. The van der Waals surface area contributed by atoms with Crippen LogP contribution < -0.4 is 5.32 Å². The Morgan fingerprint density at radius 1 is 1.12 bits per heavy atom. The normalized spacial score (nSPS) is 14.9. The predicted molar refractivity (Wildman–Crippen MR) is 71.4 cm³/mol. The lowest BCUT2D eigenvalue weighted by molar-refractivity contribution is 0.303. The first kappa shape index (κ1) is 14.2. The molecule has 2 atom stereocenters. The minimum absolute atomic E-state index is 0.166. The SMILES string of the molecule is CCCNC(c1ccc(F)cc1)C(C)C(C)C. The Hall–Kier alpha value is -0.890. The molecule has 0 aromatic heterocycles. The fraction of sp³-hybridized carbons (Fsp3) is 0.600. The summed E-state index contributed by atoms with van der Waals surface area (Å²) in [5.41, 5.74) is 1.18. The molecule has 0 spiro atoms. The van der Waals surface area contributed by atoms with E-state index in [0.29, 0.717) is 17.9 Å². The molecular formula is C15H24FN. The lowest BCUT2D eigenvalue weighted by Crippen LogP contribution is -2.30. The van der Waals surface area contributed by atoms with Crippen molar-refractivity contribution in [1.29, 1.82) is 0 Å². The van der Waals surface area contributed by atoms with E-state index in [1.165, 1.54) is 5.56 Å². The first-order valence-electron chi connectivity index (χ1n) is 6.55. The van der Waals surface area contributed by atoms with Crippen molar-refractivity contribution in [2.24, 2.45) is 11.8 Å². The Morgan fingerprint density at radius 2 is 1.71 bits per heavy atom. The summed E-state index contributed by atoms with van der Waals surface area (Å²) >= 11 is 0. The highest BCUT2D eigenvalue weighted by molar-refractivity contribution is 5.20. The number of hydrogen-bond donors (Lipinski definition) is 1. The second-order valence-corrected chi connectivity index (χ2v) is 5.09. The van der Waals surface area contributed by atoms with Crippen molar-refractivity contribution in [3.63, 3.8) is 0 Å². The molecule has 0 aliphatic carbocycles. The van der Waals surface area contributed by atoms with E-state index in [9.17, 15) is 4.39 Å². The van der Waals surface area contributed by atoms with Gasteiger partial charge in [0.1, 0.15) is 5.82 Å². The van der Waals surface area contributed by atoms with Gasteiger partial charge in [-0.3, -0.25) is 0 Å². The Bertz CT molecular complexity index is 318. The molecule has 17 heavy (non-hydrogen) atoms. The maximum atomic E-state index is 12.9. The summed E-state index contributed by atoms with van der Waals surface area (Å²) in [5.74, 6) is 0.974. The first-order chi connectivity index (χ1) is 8.06. The van der Waals surface area contributed by atoms with Crippen molar-refractivity contribution in [2.75, 3.05) is 6.54 Å². The number of benzene rings is 1. The van der Waals surface area contributed by atoms with Gasteiger partial charge in [0.2, 0.25) is 0 Å². The van der Waals surface area contributed by atoms with Crippen molar-refractivity contribution < 1.29 is 4.39 Å². The third kappa shape index (κ3) is 4.12. The summed E-state index contributed by atoms with van der Waals surface area (Å²) in [7, 11) is 0. The molecule has 0 saturated heterocycles. The number of rotatable bonds is 6. The average molecular weight is 237 g/mol. The molecule has 1 N–H and O–H groups in total. The predicted octanol–water partition coefficient (Wildman–Crippen LogP) is 4.16. The zero-order valence-corrected chi connectivity index (χ0v) is 11.3. The summed E-state index contributed by atoms with van der Waals surface area (Å²) in [6.45, 7) is 9.87. The van der Waals surface area contributed by atoms with Crippen molar-refractivity contribution in [3.8, 4) is 0 Å². The molecule has 0 heterocycles. The number of nitrogens with one attached hydrogen (secondary N) is 1. The van der Waals surface area contributed by atoms with Gasteiger partial charge in [0.25, 0.3) is 0 Å². The molecule has 2 unspecified atom stereocenters. The van der Waals surface area contributed by atoms with Crippen LogP contribution in [0.4, 0.5) is 4.39 Å². The standard InChI is InChI=1S/C15H24FN/c1-5-10-17-15(12(4)11(2)3)13-6-8-14(16)9-7-13/h6-9,11-12,15,17H,5,10H2,1-4H3. The highest BCUT2D eigenvalue weighted by atomic mass is 19.1. The third-order valence-corrected chi connectivity index (χ3v) is 3.42. The van der Waals surface area contributed by atoms with Crippen LogP contribution in [0.2, 0.25) is 0 Å². The van der Waals surface area contributed by atoms with Crippen molar-refractivity contribution in [2.45, 2.75) is 40.2 Å². The first-order valence-corrected chi connectivity index (χ1v) is 6.55. The van der Waals surface area contributed by atoms with Crippen LogP contribution in [0.15, 0.2) is 24.3 Å². The van der Waals surface area contributed by atoms with Gasteiger partial charge in [0.05, 0.1) is 0 Å². The van der Waals surface area contributed by atoms with Crippen LogP contribution in [0.1, 0.15) is 45.7 Å². The van der Waals surface area contributed by atoms with Gasteiger partial charge in [-0.2, -0.15) is 0 Å². The number of halogens is 1. The van der Waals surface area contributed by atoms with E-state index in [2.05, 4.69) is 33.0 Å². The average Bonchev–Trinajstić information content (AvgIpc) is 2.31. The highest BCUT2D eigenvalue weighted by Gasteiger charge is 2.21. The molecule has 0 aliphatic rings. The van der Waals surface area contributed by atoms with Crippen molar-refractivity contribution in [3.05, 3.63) is 35.6 Å². The molecule has 0 amide bonds. The van der Waals surface area contributed by atoms with E-state index >= 15 is 0 Å². The van der Waals surface area contributed by atoms with E-state index in [1.807, 2.05) is 12.1 Å². The van der Waals surface area contributed by atoms with Crippen molar-refractivity contribution in [1.82, 2.24) is 5.32 Å². The molecule has 0 aliphatic heterocycles. The molecule has 2 heteroatoms. The quantitative estimate of drug-likeness (QED) is 0.783. The zero-order chi connectivity index (χ0) is 12.8. The molecule has 1 nitrogen and oxygen atoms in total. The molecular weight excluding hydrogens is 213 g/mol. The fourth-order valence-corrected chi connectivity index (χ4v) is 1.96. The van der Waals surface area contributed by atoms with E-state index in [4.69, 9.17) is 0 Å². The zero-order valence-electron chi connectivity index (χ0n) is 11.3. The molecule has 96 valence electrons. The van der Waals surface area contributed by atoms with Crippen LogP contribution in [0.3, 0.4) is 0 Å². The maximum absolute atomic E-state index is 12.9. The summed E-state index contributed by atoms with van der Waals surface area (Å²) < 4.78 is 12.9. The minimum atomic E-state index is -0.166. The molecule has 0 fully saturated rings. The summed E-state index contributed by atoms with van der Waals surface area (Å²) in [4.78, 5) is 0. The van der Waals surface area contributed by atoms with Crippen LogP contribution in [0.5, 0.6) is 0 Å². The van der Waals surface area contributed by atoms with Crippen LogP contribution in [0, 0.1) is 17.7 Å². The minimum Gasteiger partial charge on any atom is -0.310 e. The van der Waals surface area contributed by atoms with Crippen LogP contribution in [-0.2, 0) is 0 Å². The molecule has 0 saturated carbocycles. The second kappa shape index (κ2) is 6.75. The molecule has 1 rings (SSSR count). The van der Waals surface area contributed by atoms with E-state index < -0.39 is 0 Å². The Kier molecular flexibility index (Phi) is 5.63. The van der Waals surface area contributed by atoms with Gasteiger partial charge in [0, 0.05) is 6.04 Å². The lowest BCUT2D eigenvalue weighted by Gasteiger charge is -2.28. The summed E-state index contributed by atoms with van der Waals surface area (Å²) in [6.07, 6.45) is 1.11. The van der Waals surface area contributed by atoms with Crippen LogP contribution in [0.25, 0.3) is 0 Å². The fourth-order valence-electron chi connectivity index (χ4n) is 1.96. The smallest absolute Gasteiger partial charge is 0.123 e. The van der Waals surface area contributed by atoms with E-state index in [0.717, 1.165) is 13.0 Å². The molecule has 1 aromatic carbocycles. The highest BCUT2D eigenvalue weighted by Crippen LogP contribution is 2.27. The van der Waals surface area contributed by atoms with E-state index in [-0.39, 0.29) is 5.82 Å². The second-order valence-electron chi connectivity index (χ2n) is 5.09. The summed E-state index contributed by atoms with van der Waals surface area (Å²) in [6, 6.07) is 7.19. The van der Waals surface area contributed by atoms with Gasteiger partial charge < -0.3 is 5.32 Å². The van der Waals surface area contributed by atoms with Crippen LogP contribution >= 0.6 is 0 Å². The van der Waals surface area contributed by atoms with Gasteiger partial charge in [-0.05, 0) is 42.5 Å². The van der Waals surface area contributed by atoms with Gasteiger partial charge in [0.15, 0.2) is 0 Å². The Balaban J connectivity index is 2.85. The Labute approximate surface area is 104 Å². The van der Waals surface area contributed by atoms with E-state index in [1.54, 1.807) is 12.1 Å². The third-order valence-electron chi connectivity index (χ3n) is 3.42. The summed E-state index contributed by atoms with van der Waals surface area (Å²) in [5, 5.41) is 3.56. The maximum Gasteiger partial charge on any atom is 0.123 e. The van der Waals surface area contributed by atoms with Gasteiger partial charge in [-0.15, -0.1) is 0 Å². The van der Waals surface area contributed by atoms with Crippen molar-refractivity contribution >= 4 is 0 Å². The topological polar surface area (TPSA) is 12.0 Å². The Morgan fingerprint density at radius 3 is 2.18 bits per heavy atom.